The van der Waals surface area contributed by atoms with E-state index in [9.17, 15) is 22.8 Å². The summed E-state index contributed by atoms with van der Waals surface area (Å²) in [5, 5.41) is 4.35. The van der Waals surface area contributed by atoms with Crippen molar-refractivity contribution < 1.29 is 27.5 Å². The zero-order chi connectivity index (χ0) is 24.3. The number of carbonyl (C=O) groups excluding carboxylic acids is 2. The number of fused-ring (bicyclic) bond motifs is 1. The van der Waals surface area contributed by atoms with E-state index in [1.807, 2.05) is 24.3 Å². The number of nitrogens with zero attached hydrogens (tertiary/aromatic N) is 1. The van der Waals surface area contributed by atoms with Crippen molar-refractivity contribution in [1.29, 1.82) is 0 Å². The van der Waals surface area contributed by atoms with Gasteiger partial charge in [-0.2, -0.15) is 13.2 Å². The van der Waals surface area contributed by atoms with Gasteiger partial charge < -0.3 is 15.0 Å². The minimum Gasteiger partial charge on any atom is -0.496 e. The van der Waals surface area contributed by atoms with Crippen LogP contribution >= 0.6 is 0 Å². The molecule has 34 heavy (non-hydrogen) atoms. The summed E-state index contributed by atoms with van der Waals surface area (Å²) in [6.07, 6.45) is -3.15. The van der Waals surface area contributed by atoms with E-state index in [0.29, 0.717) is 36.3 Å². The zero-order valence-corrected chi connectivity index (χ0v) is 18.7. The molecule has 8 heteroatoms. The maximum atomic E-state index is 13.3. The van der Waals surface area contributed by atoms with Gasteiger partial charge in [-0.15, -0.1) is 0 Å². The molecule has 1 saturated heterocycles. The summed E-state index contributed by atoms with van der Waals surface area (Å²) >= 11 is 0. The van der Waals surface area contributed by atoms with E-state index >= 15 is 0 Å². The summed E-state index contributed by atoms with van der Waals surface area (Å²) in [7, 11) is 1.58. The lowest BCUT2D eigenvalue weighted by Crippen LogP contribution is -2.45. The van der Waals surface area contributed by atoms with Gasteiger partial charge in [-0.25, -0.2) is 0 Å². The summed E-state index contributed by atoms with van der Waals surface area (Å²) < 4.78 is 44.2. The number of ether oxygens (including phenoxy) is 1. The zero-order valence-electron chi connectivity index (χ0n) is 18.7. The SMILES string of the molecule is COc1ccc(C(=O)N2CCC[C@@H](C(=O)NCc3cccc(C(F)(F)F)c3)C2)c2ccccc12. The molecule has 0 spiro atoms. The van der Waals surface area contributed by atoms with Gasteiger partial charge in [-0.05, 0) is 48.1 Å². The third-order valence-electron chi connectivity index (χ3n) is 6.13. The summed E-state index contributed by atoms with van der Waals surface area (Å²) in [5.74, 6) is -0.172. The number of methoxy groups -OCH3 is 1. The maximum Gasteiger partial charge on any atom is 0.416 e. The Morgan fingerprint density at radius 1 is 1.06 bits per heavy atom. The molecular weight excluding hydrogens is 445 g/mol. The van der Waals surface area contributed by atoms with Crippen molar-refractivity contribution in [2.75, 3.05) is 20.2 Å². The highest BCUT2D eigenvalue weighted by Crippen LogP contribution is 2.31. The predicted octanol–water partition coefficient (Wildman–Crippen LogP) is 5.04. The van der Waals surface area contributed by atoms with Crippen LogP contribution in [0.2, 0.25) is 0 Å². The Balaban J connectivity index is 1.44. The number of benzene rings is 3. The molecule has 5 nitrogen and oxygen atoms in total. The molecule has 1 aliphatic rings. The molecule has 0 aliphatic carbocycles. The molecule has 1 heterocycles. The molecule has 1 fully saturated rings. The first-order valence-corrected chi connectivity index (χ1v) is 11.1. The van der Waals surface area contributed by atoms with E-state index in [0.717, 1.165) is 22.9 Å². The van der Waals surface area contributed by atoms with E-state index < -0.39 is 17.7 Å². The van der Waals surface area contributed by atoms with Crippen molar-refractivity contribution in [2.24, 2.45) is 5.92 Å². The Hall–Kier alpha value is -3.55. The van der Waals surface area contributed by atoms with Gasteiger partial charge >= 0.3 is 6.18 Å². The highest BCUT2D eigenvalue weighted by atomic mass is 19.4. The fraction of sp³-hybridized carbons (Fsp3) is 0.308. The van der Waals surface area contributed by atoms with E-state index in [1.54, 1.807) is 30.2 Å². The third kappa shape index (κ3) is 5.00. The molecule has 3 aromatic rings. The van der Waals surface area contributed by atoms with Crippen molar-refractivity contribution in [3.63, 3.8) is 0 Å². The molecule has 1 atom stereocenters. The number of halogens is 3. The van der Waals surface area contributed by atoms with E-state index in [2.05, 4.69) is 5.32 Å². The normalized spacial score (nSPS) is 16.4. The molecule has 0 unspecified atom stereocenters. The lowest BCUT2D eigenvalue weighted by molar-refractivity contribution is -0.137. The molecular formula is C26H25F3N2O3. The molecule has 1 N–H and O–H groups in total. The van der Waals surface area contributed by atoms with Crippen LogP contribution in [0.5, 0.6) is 5.75 Å². The highest BCUT2D eigenvalue weighted by molar-refractivity contribution is 6.08. The van der Waals surface area contributed by atoms with E-state index in [1.165, 1.54) is 6.07 Å². The van der Waals surface area contributed by atoms with Crippen LogP contribution in [0.3, 0.4) is 0 Å². The minimum absolute atomic E-state index is 0.00365. The molecule has 0 aromatic heterocycles. The fourth-order valence-corrected chi connectivity index (χ4v) is 4.37. The second-order valence-corrected chi connectivity index (χ2v) is 8.37. The topological polar surface area (TPSA) is 58.6 Å². The number of rotatable bonds is 5. The number of hydrogen-bond acceptors (Lipinski definition) is 3. The first kappa shape index (κ1) is 23.6. The van der Waals surface area contributed by atoms with Crippen molar-refractivity contribution in [3.8, 4) is 5.75 Å². The Labute approximate surface area is 195 Å². The van der Waals surface area contributed by atoms with Crippen LogP contribution in [0, 0.1) is 5.92 Å². The molecule has 2 amide bonds. The second kappa shape index (κ2) is 9.75. The van der Waals surface area contributed by atoms with Gasteiger partial charge in [0.05, 0.1) is 18.6 Å². The van der Waals surface area contributed by atoms with Crippen molar-refractivity contribution in [1.82, 2.24) is 10.2 Å². The van der Waals surface area contributed by atoms with Crippen LogP contribution in [0.4, 0.5) is 13.2 Å². The quantitative estimate of drug-likeness (QED) is 0.569. The molecule has 1 aliphatic heterocycles. The fourth-order valence-electron chi connectivity index (χ4n) is 4.37. The van der Waals surface area contributed by atoms with Crippen LogP contribution in [0.1, 0.15) is 34.3 Å². The molecule has 0 bridgehead atoms. The van der Waals surface area contributed by atoms with E-state index in [4.69, 9.17) is 4.74 Å². The molecule has 3 aromatic carbocycles. The van der Waals surface area contributed by atoms with Gasteiger partial charge in [0, 0.05) is 30.6 Å². The Morgan fingerprint density at radius 2 is 1.82 bits per heavy atom. The summed E-state index contributed by atoms with van der Waals surface area (Å²) in [4.78, 5) is 27.8. The van der Waals surface area contributed by atoms with Gasteiger partial charge in [-0.1, -0.05) is 36.4 Å². The van der Waals surface area contributed by atoms with Gasteiger partial charge in [0.15, 0.2) is 0 Å². The number of carbonyl (C=O) groups is 2. The number of nitrogens with one attached hydrogen (secondary N) is 1. The van der Waals surface area contributed by atoms with E-state index in [-0.39, 0.29) is 24.9 Å². The Bertz CT molecular complexity index is 1210. The largest absolute Gasteiger partial charge is 0.496 e. The van der Waals surface area contributed by atoms with Gasteiger partial charge in [0.1, 0.15) is 5.75 Å². The van der Waals surface area contributed by atoms with Gasteiger partial charge in [0.25, 0.3) is 5.91 Å². The van der Waals surface area contributed by atoms with Crippen LogP contribution in [-0.4, -0.2) is 36.9 Å². The van der Waals surface area contributed by atoms with Crippen molar-refractivity contribution >= 4 is 22.6 Å². The first-order valence-electron chi connectivity index (χ1n) is 11.1. The number of piperidine rings is 1. The molecule has 0 saturated carbocycles. The standard InChI is InChI=1S/C26H25F3N2O3/c1-34-23-12-11-22(20-9-2-3-10-21(20)23)25(33)31-13-5-7-18(16-31)24(32)30-15-17-6-4-8-19(14-17)26(27,28)29/h2-4,6,8-12,14,18H,5,7,13,15-16H2,1H3,(H,30,32)/t18-/m1/s1. The van der Waals surface area contributed by atoms with Crippen molar-refractivity contribution in [3.05, 3.63) is 77.4 Å². The summed E-state index contributed by atoms with van der Waals surface area (Å²) in [6, 6.07) is 15.9. The molecule has 4 rings (SSSR count). The van der Waals surface area contributed by atoms with Gasteiger partial charge in [-0.3, -0.25) is 9.59 Å². The third-order valence-corrected chi connectivity index (χ3v) is 6.13. The Morgan fingerprint density at radius 3 is 2.56 bits per heavy atom. The number of hydrogen-bond donors (Lipinski definition) is 1. The monoisotopic (exact) mass is 470 g/mol. The molecule has 0 radical (unpaired) electrons. The molecule has 178 valence electrons. The van der Waals surface area contributed by atoms with Crippen LogP contribution in [-0.2, 0) is 17.5 Å². The summed E-state index contributed by atoms with van der Waals surface area (Å²) in [6.45, 7) is 0.792. The van der Waals surface area contributed by atoms with Crippen molar-refractivity contribution in [2.45, 2.75) is 25.6 Å². The lowest BCUT2D eigenvalue weighted by Gasteiger charge is -2.32. The predicted molar refractivity (Wildman–Crippen MR) is 122 cm³/mol. The van der Waals surface area contributed by atoms with Crippen LogP contribution < -0.4 is 10.1 Å². The highest BCUT2D eigenvalue weighted by Gasteiger charge is 2.31. The van der Waals surface area contributed by atoms with Gasteiger partial charge in [0.2, 0.25) is 5.91 Å². The second-order valence-electron chi connectivity index (χ2n) is 8.37. The smallest absolute Gasteiger partial charge is 0.416 e. The Kier molecular flexibility index (Phi) is 6.77. The average molecular weight is 470 g/mol. The summed E-state index contributed by atoms with van der Waals surface area (Å²) in [5.41, 5.74) is 0.165. The minimum atomic E-state index is -4.43. The first-order chi connectivity index (χ1) is 16.3. The van der Waals surface area contributed by atoms with Crippen LogP contribution in [0.15, 0.2) is 60.7 Å². The number of likely N-dealkylation sites (tertiary alicyclic amines) is 1. The maximum absolute atomic E-state index is 13.3. The average Bonchev–Trinajstić information content (AvgIpc) is 2.86. The number of amides is 2. The van der Waals surface area contributed by atoms with Crippen LogP contribution in [0.25, 0.3) is 10.8 Å². The lowest BCUT2D eigenvalue weighted by atomic mass is 9.95. The number of alkyl halides is 3.